The van der Waals surface area contributed by atoms with Gasteiger partial charge >= 0.3 is 5.69 Å². The van der Waals surface area contributed by atoms with Gasteiger partial charge in [0.25, 0.3) is 5.56 Å². The molecule has 0 bridgehead atoms. The first-order chi connectivity index (χ1) is 7.24. The van der Waals surface area contributed by atoms with Crippen molar-refractivity contribution in [1.82, 2.24) is 9.97 Å². The van der Waals surface area contributed by atoms with Crippen LogP contribution in [0.3, 0.4) is 0 Å². The Morgan fingerprint density at radius 1 is 1.53 bits per heavy atom. The van der Waals surface area contributed by atoms with Crippen LogP contribution >= 0.6 is 0 Å². The van der Waals surface area contributed by atoms with Gasteiger partial charge in [0, 0.05) is 17.7 Å². The molecule has 2 N–H and O–H groups in total. The van der Waals surface area contributed by atoms with E-state index in [4.69, 9.17) is 5.53 Å². The Morgan fingerprint density at radius 3 is 3.00 bits per heavy atom. The van der Waals surface area contributed by atoms with Gasteiger partial charge in [0.2, 0.25) is 0 Å². The van der Waals surface area contributed by atoms with Gasteiger partial charge in [-0.25, -0.2) is 4.79 Å². The Kier molecular flexibility index (Phi) is 3.93. The smallest absolute Gasteiger partial charge is 0.314 e. The van der Waals surface area contributed by atoms with E-state index in [1.165, 1.54) is 6.20 Å². The summed E-state index contributed by atoms with van der Waals surface area (Å²) in [4.78, 5) is 28.8. The first-order valence-electron chi connectivity index (χ1n) is 4.23. The Hall–Kier alpha value is -2.27. The van der Waals surface area contributed by atoms with Crippen molar-refractivity contribution in [2.24, 2.45) is 5.11 Å². The van der Waals surface area contributed by atoms with Crippen LogP contribution in [0.4, 0.5) is 0 Å². The quantitative estimate of drug-likeness (QED) is 0.328. The molecule has 0 saturated heterocycles. The average Bonchev–Trinajstić information content (AvgIpc) is 2.20. The highest BCUT2D eigenvalue weighted by Crippen LogP contribution is 1.92. The molecule has 0 spiro atoms. The summed E-state index contributed by atoms with van der Waals surface area (Å²) in [5, 5.41) is 3.33. The molecule has 1 aromatic rings. The lowest BCUT2D eigenvalue weighted by atomic mass is 10.3. The fraction of sp³-hybridized carbons (Fsp3) is 0.250. The maximum atomic E-state index is 11.2. The standard InChI is InChI=1S/C8H9N5O2/c9-13-11-4-2-1-3-6-5-10-8(15)12-7(6)14/h1,3,5H,2,4H2,(H2,10,12,14,15). The molecule has 1 aromatic heterocycles. The summed E-state index contributed by atoms with van der Waals surface area (Å²) in [5.74, 6) is 0. The Morgan fingerprint density at radius 2 is 2.33 bits per heavy atom. The zero-order chi connectivity index (χ0) is 11.1. The van der Waals surface area contributed by atoms with Gasteiger partial charge in [-0.1, -0.05) is 17.3 Å². The number of nitrogens with one attached hydrogen (secondary N) is 2. The minimum absolute atomic E-state index is 0.342. The lowest BCUT2D eigenvalue weighted by Gasteiger charge is -1.89. The third-order valence-corrected chi connectivity index (χ3v) is 1.60. The first-order valence-corrected chi connectivity index (χ1v) is 4.23. The van der Waals surface area contributed by atoms with Gasteiger partial charge in [-0.2, -0.15) is 0 Å². The highest BCUT2D eigenvalue weighted by Gasteiger charge is 1.93. The molecule has 1 heterocycles. The second-order valence-corrected chi connectivity index (χ2v) is 2.67. The van der Waals surface area contributed by atoms with Crippen molar-refractivity contribution in [3.63, 3.8) is 0 Å². The Labute approximate surface area is 84.1 Å². The van der Waals surface area contributed by atoms with Crippen LogP contribution in [0.2, 0.25) is 0 Å². The van der Waals surface area contributed by atoms with E-state index in [0.717, 1.165) is 0 Å². The van der Waals surface area contributed by atoms with Gasteiger partial charge in [-0.3, -0.25) is 9.78 Å². The van der Waals surface area contributed by atoms with Crippen LogP contribution in [-0.4, -0.2) is 16.5 Å². The van der Waals surface area contributed by atoms with Gasteiger partial charge in [0.1, 0.15) is 0 Å². The zero-order valence-corrected chi connectivity index (χ0v) is 7.80. The largest absolute Gasteiger partial charge is 0.325 e. The van der Waals surface area contributed by atoms with Crippen molar-refractivity contribution in [3.05, 3.63) is 49.1 Å². The highest BCUT2D eigenvalue weighted by atomic mass is 16.2. The van der Waals surface area contributed by atoms with Crippen LogP contribution in [0.15, 0.2) is 27.0 Å². The van der Waals surface area contributed by atoms with Gasteiger partial charge in [-0.05, 0) is 12.0 Å². The number of H-pyrrole nitrogens is 2. The molecule has 0 aliphatic rings. The highest BCUT2D eigenvalue weighted by molar-refractivity contribution is 5.45. The van der Waals surface area contributed by atoms with Crippen molar-refractivity contribution < 1.29 is 0 Å². The maximum absolute atomic E-state index is 11.2. The molecule has 0 aromatic carbocycles. The summed E-state index contributed by atoms with van der Waals surface area (Å²) >= 11 is 0. The number of hydrogen-bond donors (Lipinski definition) is 2. The molecule has 0 aliphatic heterocycles. The van der Waals surface area contributed by atoms with Crippen LogP contribution in [0.25, 0.3) is 16.5 Å². The molecule has 15 heavy (non-hydrogen) atoms. The molecular formula is C8H9N5O2. The molecule has 0 radical (unpaired) electrons. The SMILES string of the molecule is [N-]=[N+]=NCCC=Cc1c[nH]c(=O)[nH]c1=O. The molecular weight excluding hydrogens is 198 g/mol. The van der Waals surface area contributed by atoms with E-state index in [9.17, 15) is 9.59 Å². The third-order valence-electron chi connectivity index (χ3n) is 1.60. The second-order valence-electron chi connectivity index (χ2n) is 2.67. The van der Waals surface area contributed by atoms with Gasteiger partial charge in [0.15, 0.2) is 0 Å². The van der Waals surface area contributed by atoms with Gasteiger partial charge in [0.05, 0.1) is 5.56 Å². The Balaban J connectivity index is 2.68. The molecule has 0 amide bonds. The van der Waals surface area contributed by atoms with E-state index in [1.807, 2.05) is 0 Å². The molecule has 7 heteroatoms. The molecule has 7 nitrogen and oxygen atoms in total. The third kappa shape index (κ3) is 3.53. The molecule has 1 rings (SSSR count). The summed E-state index contributed by atoms with van der Waals surface area (Å²) in [5.41, 5.74) is 7.37. The minimum atomic E-state index is -0.536. The maximum Gasteiger partial charge on any atom is 0.325 e. The topological polar surface area (TPSA) is 114 Å². The minimum Gasteiger partial charge on any atom is -0.314 e. The summed E-state index contributed by atoms with van der Waals surface area (Å²) in [7, 11) is 0. The van der Waals surface area contributed by atoms with Crippen LogP contribution in [0.1, 0.15) is 12.0 Å². The van der Waals surface area contributed by atoms with Crippen molar-refractivity contribution >= 4 is 6.08 Å². The predicted octanol–water partition coefficient (Wildman–Crippen LogP) is 0.777. The molecule has 0 atom stereocenters. The predicted molar refractivity (Wildman–Crippen MR) is 55.3 cm³/mol. The lowest BCUT2D eigenvalue weighted by molar-refractivity contribution is 0.992. The normalized spacial score (nSPS) is 10.1. The van der Waals surface area contributed by atoms with E-state index in [2.05, 4.69) is 20.0 Å². The molecule has 78 valence electrons. The van der Waals surface area contributed by atoms with E-state index < -0.39 is 11.2 Å². The van der Waals surface area contributed by atoms with Crippen LogP contribution in [-0.2, 0) is 0 Å². The van der Waals surface area contributed by atoms with Crippen LogP contribution < -0.4 is 11.2 Å². The number of hydrogen-bond acceptors (Lipinski definition) is 3. The van der Waals surface area contributed by atoms with Crippen molar-refractivity contribution in [1.29, 1.82) is 0 Å². The number of nitrogens with zero attached hydrogens (tertiary/aromatic N) is 3. The average molecular weight is 207 g/mol. The summed E-state index contributed by atoms with van der Waals surface area (Å²) in [6.45, 7) is 0.342. The zero-order valence-electron chi connectivity index (χ0n) is 7.80. The van der Waals surface area contributed by atoms with E-state index in [0.29, 0.717) is 18.5 Å². The number of rotatable bonds is 4. The fourth-order valence-corrected chi connectivity index (χ4v) is 0.931. The van der Waals surface area contributed by atoms with E-state index >= 15 is 0 Å². The van der Waals surface area contributed by atoms with E-state index in [1.54, 1.807) is 12.2 Å². The van der Waals surface area contributed by atoms with Crippen LogP contribution in [0.5, 0.6) is 0 Å². The molecule has 0 aliphatic carbocycles. The van der Waals surface area contributed by atoms with Crippen molar-refractivity contribution in [3.8, 4) is 0 Å². The Bertz CT molecular complexity index is 506. The first kappa shape index (κ1) is 10.8. The second kappa shape index (κ2) is 5.46. The lowest BCUT2D eigenvalue weighted by Crippen LogP contribution is -2.22. The van der Waals surface area contributed by atoms with Crippen molar-refractivity contribution in [2.45, 2.75) is 6.42 Å². The molecule has 0 unspecified atom stereocenters. The van der Waals surface area contributed by atoms with Gasteiger partial charge < -0.3 is 4.98 Å². The summed E-state index contributed by atoms with van der Waals surface area (Å²) < 4.78 is 0. The number of aromatic amines is 2. The summed E-state index contributed by atoms with van der Waals surface area (Å²) in [6, 6.07) is 0. The van der Waals surface area contributed by atoms with Gasteiger partial charge in [-0.15, -0.1) is 0 Å². The fourth-order valence-electron chi connectivity index (χ4n) is 0.931. The van der Waals surface area contributed by atoms with E-state index in [-0.39, 0.29) is 0 Å². The van der Waals surface area contributed by atoms with Crippen LogP contribution in [0, 0.1) is 0 Å². The summed E-state index contributed by atoms with van der Waals surface area (Å²) in [6.07, 6.45) is 5.12. The molecule has 0 fully saturated rings. The molecule has 0 saturated carbocycles. The van der Waals surface area contributed by atoms with Crippen molar-refractivity contribution in [2.75, 3.05) is 6.54 Å². The number of aromatic nitrogens is 2. The number of azide groups is 1. The monoisotopic (exact) mass is 207 g/mol.